The zero-order chi connectivity index (χ0) is 11.5. The highest BCUT2D eigenvalue weighted by atomic mass is 16.1. The first kappa shape index (κ1) is 11.3. The highest BCUT2D eigenvalue weighted by Gasteiger charge is 2.21. The van der Waals surface area contributed by atoms with Crippen molar-refractivity contribution in [3.05, 3.63) is 11.6 Å². The van der Waals surface area contributed by atoms with Crippen molar-refractivity contribution >= 4 is 5.78 Å². The topological polar surface area (TPSA) is 47.8 Å². The molecular weight excluding hydrogens is 202 g/mol. The molecule has 1 fully saturated rings. The largest absolute Gasteiger partial charge is 0.297 e. The number of nitrogens with zero attached hydrogens (tertiary/aromatic N) is 3. The molecule has 4 heteroatoms. The molecule has 0 bridgehead atoms. The third kappa shape index (κ3) is 2.49. The van der Waals surface area contributed by atoms with E-state index < -0.39 is 0 Å². The highest BCUT2D eigenvalue weighted by Crippen LogP contribution is 2.24. The van der Waals surface area contributed by atoms with Crippen LogP contribution in [0.4, 0.5) is 0 Å². The number of carbonyl (C=O) groups excluding carboxylic acids is 1. The maximum absolute atomic E-state index is 12.0. The van der Waals surface area contributed by atoms with Gasteiger partial charge in [-0.3, -0.25) is 4.79 Å². The molecule has 2 rings (SSSR count). The number of carbonyl (C=O) groups is 1. The molecule has 0 spiro atoms. The fourth-order valence-corrected chi connectivity index (χ4v) is 2.41. The lowest BCUT2D eigenvalue weighted by Gasteiger charge is -2.20. The van der Waals surface area contributed by atoms with E-state index in [1.54, 1.807) is 4.68 Å². The second kappa shape index (κ2) is 4.76. The normalized spacial score (nSPS) is 17.6. The van der Waals surface area contributed by atoms with Crippen LogP contribution in [0.25, 0.3) is 0 Å². The lowest BCUT2D eigenvalue weighted by Crippen LogP contribution is -2.23. The van der Waals surface area contributed by atoms with Crippen molar-refractivity contribution in [2.24, 2.45) is 5.92 Å². The predicted octanol–water partition coefficient (Wildman–Crippen LogP) is 2.04. The lowest BCUT2D eigenvalue weighted by atomic mass is 9.86. The SMILES string of the molecule is Cc1nc(C)n(CC(=O)C2CCCCC2)n1. The smallest absolute Gasteiger partial charge is 0.157 e. The van der Waals surface area contributed by atoms with Crippen LogP contribution in [0.1, 0.15) is 43.8 Å². The fourth-order valence-electron chi connectivity index (χ4n) is 2.41. The van der Waals surface area contributed by atoms with Crippen molar-refractivity contribution < 1.29 is 4.79 Å². The summed E-state index contributed by atoms with van der Waals surface area (Å²) in [4.78, 5) is 16.2. The van der Waals surface area contributed by atoms with Gasteiger partial charge in [-0.25, -0.2) is 9.67 Å². The van der Waals surface area contributed by atoms with Gasteiger partial charge in [0.05, 0.1) is 0 Å². The van der Waals surface area contributed by atoms with Crippen LogP contribution in [0.15, 0.2) is 0 Å². The second-order valence-electron chi connectivity index (χ2n) is 4.67. The predicted molar refractivity (Wildman–Crippen MR) is 61.1 cm³/mol. The minimum atomic E-state index is 0.262. The summed E-state index contributed by atoms with van der Waals surface area (Å²) in [5, 5.41) is 4.23. The van der Waals surface area contributed by atoms with Gasteiger partial charge < -0.3 is 0 Å². The minimum Gasteiger partial charge on any atom is -0.297 e. The third-order valence-electron chi connectivity index (χ3n) is 3.33. The van der Waals surface area contributed by atoms with E-state index in [4.69, 9.17) is 0 Å². The molecule has 1 aliphatic carbocycles. The number of aromatic nitrogens is 3. The summed E-state index contributed by atoms with van der Waals surface area (Å²) in [6.07, 6.45) is 5.81. The van der Waals surface area contributed by atoms with Crippen molar-refractivity contribution in [3.63, 3.8) is 0 Å². The average molecular weight is 221 g/mol. The van der Waals surface area contributed by atoms with Crippen molar-refractivity contribution in [2.75, 3.05) is 0 Å². The van der Waals surface area contributed by atoms with Crippen LogP contribution in [-0.2, 0) is 11.3 Å². The maximum Gasteiger partial charge on any atom is 0.157 e. The summed E-state index contributed by atoms with van der Waals surface area (Å²) in [6, 6.07) is 0. The van der Waals surface area contributed by atoms with Crippen LogP contribution >= 0.6 is 0 Å². The second-order valence-corrected chi connectivity index (χ2v) is 4.67. The monoisotopic (exact) mass is 221 g/mol. The van der Waals surface area contributed by atoms with E-state index in [2.05, 4.69) is 10.1 Å². The Kier molecular flexibility index (Phi) is 3.36. The number of aryl methyl sites for hydroxylation is 2. The molecule has 1 aromatic heterocycles. The highest BCUT2D eigenvalue weighted by molar-refractivity contribution is 5.80. The standard InChI is InChI=1S/C12H19N3O/c1-9-13-10(2)15(14-9)8-12(16)11-6-4-3-5-7-11/h11H,3-8H2,1-2H3. The summed E-state index contributed by atoms with van der Waals surface area (Å²) in [6.45, 7) is 4.15. The Morgan fingerprint density at radius 3 is 2.56 bits per heavy atom. The minimum absolute atomic E-state index is 0.262. The Hall–Kier alpha value is -1.19. The molecule has 4 nitrogen and oxygen atoms in total. The maximum atomic E-state index is 12.0. The van der Waals surface area contributed by atoms with E-state index >= 15 is 0 Å². The van der Waals surface area contributed by atoms with Gasteiger partial charge >= 0.3 is 0 Å². The average Bonchev–Trinajstić information content (AvgIpc) is 2.59. The zero-order valence-electron chi connectivity index (χ0n) is 10.1. The Labute approximate surface area is 96.1 Å². The Bertz CT molecular complexity index is 378. The van der Waals surface area contributed by atoms with E-state index in [0.717, 1.165) is 24.5 Å². The molecule has 16 heavy (non-hydrogen) atoms. The number of Topliss-reactive ketones (excluding diaryl/α,β-unsaturated/α-hetero) is 1. The Morgan fingerprint density at radius 1 is 1.31 bits per heavy atom. The van der Waals surface area contributed by atoms with Crippen LogP contribution < -0.4 is 0 Å². The first-order valence-corrected chi connectivity index (χ1v) is 6.07. The molecule has 1 saturated carbocycles. The third-order valence-corrected chi connectivity index (χ3v) is 3.33. The van der Waals surface area contributed by atoms with Gasteiger partial charge in [0.1, 0.15) is 18.2 Å². The van der Waals surface area contributed by atoms with Crippen molar-refractivity contribution in [2.45, 2.75) is 52.5 Å². The summed E-state index contributed by atoms with van der Waals surface area (Å²) in [5.74, 6) is 2.17. The molecule has 88 valence electrons. The van der Waals surface area contributed by atoms with Gasteiger partial charge in [0, 0.05) is 5.92 Å². The van der Waals surface area contributed by atoms with Gasteiger partial charge in [0.2, 0.25) is 0 Å². The number of hydrogen-bond acceptors (Lipinski definition) is 3. The van der Waals surface area contributed by atoms with Crippen molar-refractivity contribution in [1.29, 1.82) is 0 Å². The van der Waals surface area contributed by atoms with Crippen LogP contribution in [0.3, 0.4) is 0 Å². The van der Waals surface area contributed by atoms with Crippen LogP contribution in [0.5, 0.6) is 0 Å². The molecule has 0 unspecified atom stereocenters. The van der Waals surface area contributed by atoms with Crippen LogP contribution in [0.2, 0.25) is 0 Å². The van der Waals surface area contributed by atoms with Crippen LogP contribution in [0, 0.1) is 19.8 Å². The van der Waals surface area contributed by atoms with E-state index in [-0.39, 0.29) is 5.92 Å². The number of hydrogen-bond donors (Lipinski definition) is 0. The van der Waals surface area contributed by atoms with E-state index in [9.17, 15) is 4.79 Å². The van der Waals surface area contributed by atoms with Crippen molar-refractivity contribution in [1.82, 2.24) is 14.8 Å². The molecule has 1 heterocycles. The van der Waals surface area contributed by atoms with E-state index in [1.165, 1.54) is 19.3 Å². The fraction of sp³-hybridized carbons (Fsp3) is 0.750. The van der Waals surface area contributed by atoms with Crippen LogP contribution in [-0.4, -0.2) is 20.5 Å². The van der Waals surface area contributed by atoms with Gasteiger partial charge in [-0.15, -0.1) is 0 Å². The summed E-state index contributed by atoms with van der Waals surface area (Å²) < 4.78 is 1.73. The zero-order valence-corrected chi connectivity index (χ0v) is 10.1. The van der Waals surface area contributed by atoms with E-state index in [1.807, 2.05) is 13.8 Å². The summed E-state index contributed by atoms with van der Waals surface area (Å²) >= 11 is 0. The van der Waals surface area contributed by atoms with Gasteiger partial charge in [0.15, 0.2) is 5.78 Å². The number of rotatable bonds is 3. The number of ketones is 1. The molecule has 1 aromatic rings. The van der Waals surface area contributed by atoms with Gasteiger partial charge in [-0.05, 0) is 26.7 Å². The lowest BCUT2D eigenvalue weighted by molar-refractivity contribution is -0.124. The molecule has 0 amide bonds. The molecule has 0 N–H and O–H groups in total. The molecule has 1 aliphatic rings. The van der Waals surface area contributed by atoms with Crippen molar-refractivity contribution in [3.8, 4) is 0 Å². The summed E-state index contributed by atoms with van der Waals surface area (Å²) in [5.41, 5.74) is 0. The Balaban J connectivity index is 1.98. The van der Waals surface area contributed by atoms with E-state index in [0.29, 0.717) is 12.3 Å². The molecular formula is C12H19N3O. The molecule has 0 aliphatic heterocycles. The molecule has 0 atom stereocenters. The molecule has 0 aromatic carbocycles. The van der Waals surface area contributed by atoms with Gasteiger partial charge in [-0.1, -0.05) is 19.3 Å². The van der Waals surface area contributed by atoms with Gasteiger partial charge in [-0.2, -0.15) is 5.10 Å². The molecule has 0 radical (unpaired) electrons. The van der Waals surface area contributed by atoms with Gasteiger partial charge in [0.25, 0.3) is 0 Å². The first-order chi connectivity index (χ1) is 7.66. The first-order valence-electron chi connectivity index (χ1n) is 6.07. The Morgan fingerprint density at radius 2 is 2.00 bits per heavy atom. The quantitative estimate of drug-likeness (QED) is 0.784. The molecule has 0 saturated heterocycles. The summed E-state index contributed by atoms with van der Waals surface area (Å²) in [7, 11) is 0.